The maximum Gasteiger partial charge on any atom is 0.339 e. The van der Waals surface area contributed by atoms with Gasteiger partial charge in [0.05, 0.1) is 5.56 Å². The highest BCUT2D eigenvalue weighted by Crippen LogP contribution is 2.32. The molecular formula is C17H12F2O5S. The molecule has 0 bridgehead atoms. The van der Waals surface area contributed by atoms with Crippen molar-refractivity contribution in [2.24, 2.45) is 0 Å². The maximum atomic E-state index is 12.5. The van der Waals surface area contributed by atoms with Gasteiger partial charge in [-0.2, -0.15) is 8.78 Å². The van der Waals surface area contributed by atoms with Gasteiger partial charge in [-0.25, -0.2) is 4.79 Å². The molecule has 0 amide bonds. The average Bonchev–Trinajstić information content (AvgIpc) is 3.07. The quantitative estimate of drug-likeness (QED) is 0.441. The summed E-state index contributed by atoms with van der Waals surface area (Å²) in [5.74, 6) is -2.96. The van der Waals surface area contributed by atoms with E-state index in [1.807, 2.05) is 0 Å². The minimum Gasteiger partial charge on any atom is -0.454 e. The van der Waals surface area contributed by atoms with Crippen LogP contribution in [0.5, 0.6) is 11.5 Å². The third-order valence-electron chi connectivity index (χ3n) is 3.35. The Kier molecular flexibility index (Phi) is 5.18. The number of alkyl halides is 2. The number of esters is 1. The number of halogens is 2. The first-order valence-corrected chi connectivity index (χ1v) is 8.06. The van der Waals surface area contributed by atoms with Gasteiger partial charge in [0, 0.05) is 10.5 Å². The number of fused-ring (bicyclic) bond motifs is 1. The second kappa shape index (κ2) is 7.52. The van der Waals surface area contributed by atoms with E-state index in [0.717, 1.165) is 0 Å². The molecule has 1 aliphatic heterocycles. The minimum atomic E-state index is -2.66. The fourth-order valence-corrected chi connectivity index (χ4v) is 2.82. The lowest BCUT2D eigenvalue weighted by Gasteiger charge is -2.09. The number of hydrogen-bond donors (Lipinski definition) is 0. The Labute approximate surface area is 145 Å². The first-order valence-electron chi connectivity index (χ1n) is 7.18. The van der Waals surface area contributed by atoms with E-state index in [2.05, 4.69) is 0 Å². The number of Topliss-reactive ketones (excluding diaryl/α,β-unsaturated/α-hetero) is 1. The molecule has 3 rings (SSSR count). The lowest BCUT2D eigenvalue weighted by Crippen LogP contribution is -2.15. The highest BCUT2D eigenvalue weighted by atomic mass is 32.2. The fourth-order valence-electron chi connectivity index (χ4n) is 2.20. The predicted molar refractivity (Wildman–Crippen MR) is 85.5 cm³/mol. The second-order valence-electron chi connectivity index (χ2n) is 4.94. The molecule has 0 unspecified atom stereocenters. The van der Waals surface area contributed by atoms with Crippen molar-refractivity contribution in [3.05, 3.63) is 53.6 Å². The summed E-state index contributed by atoms with van der Waals surface area (Å²) in [5.41, 5.74) is 0.290. The minimum absolute atomic E-state index is 0.00807. The molecule has 8 heteroatoms. The molecule has 1 aliphatic rings. The lowest BCUT2D eigenvalue weighted by molar-refractivity contribution is 0.0471. The van der Waals surface area contributed by atoms with Gasteiger partial charge in [-0.1, -0.05) is 23.9 Å². The third kappa shape index (κ3) is 4.08. The first kappa shape index (κ1) is 17.2. The van der Waals surface area contributed by atoms with Crippen molar-refractivity contribution in [1.82, 2.24) is 0 Å². The molecule has 0 N–H and O–H groups in total. The molecule has 2 aromatic carbocycles. The van der Waals surface area contributed by atoms with Gasteiger partial charge < -0.3 is 14.2 Å². The van der Waals surface area contributed by atoms with Gasteiger partial charge in [-0.3, -0.25) is 4.79 Å². The summed E-state index contributed by atoms with van der Waals surface area (Å²) in [4.78, 5) is 24.3. The Hall–Kier alpha value is -2.61. The van der Waals surface area contributed by atoms with Crippen molar-refractivity contribution in [2.45, 2.75) is 10.7 Å². The highest BCUT2D eigenvalue weighted by Gasteiger charge is 2.19. The summed E-state index contributed by atoms with van der Waals surface area (Å²) in [6.07, 6.45) is 0. The van der Waals surface area contributed by atoms with Crippen LogP contribution in [0.2, 0.25) is 0 Å². The normalized spacial score (nSPS) is 12.3. The molecule has 1 heterocycles. The van der Waals surface area contributed by atoms with Crippen LogP contribution in [0.25, 0.3) is 0 Å². The average molecular weight is 366 g/mol. The van der Waals surface area contributed by atoms with Crippen molar-refractivity contribution in [3.63, 3.8) is 0 Å². The lowest BCUT2D eigenvalue weighted by atomic mass is 10.1. The number of thioether (sulfide) groups is 1. The van der Waals surface area contributed by atoms with Gasteiger partial charge in [0.15, 0.2) is 23.9 Å². The third-order valence-corrected chi connectivity index (χ3v) is 4.14. The van der Waals surface area contributed by atoms with Crippen LogP contribution in [0, 0.1) is 0 Å². The van der Waals surface area contributed by atoms with Crippen LogP contribution in [0.1, 0.15) is 20.7 Å². The fraction of sp³-hybridized carbons (Fsp3) is 0.176. The van der Waals surface area contributed by atoms with Gasteiger partial charge in [0.25, 0.3) is 5.76 Å². The number of carbonyl (C=O) groups excluding carboxylic acids is 2. The van der Waals surface area contributed by atoms with Crippen LogP contribution in [-0.2, 0) is 4.74 Å². The van der Waals surface area contributed by atoms with Gasteiger partial charge >= 0.3 is 5.97 Å². The molecule has 2 aromatic rings. The molecule has 0 radical (unpaired) electrons. The van der Waals surface area contributed by atoms with E-state index >= 15 is 0 Å². The van der Waals surface area contributed by atoms with Gasteiger partial charge in [0.1, 0.15) is 0 Å². The van der Waals surface area contributed by atoms with Crippen molar-refractivity contribution >= 4 is 23.5 Å². The Bertz CT molecular complexity index is 809. The summed E-state index contributed by atoms with van der Waals surface area (Å²) in [5, 5.41) is 0. The Morgan fingerprint density at radius 2 is 1.88 bits per heavy atom. The smallest absolute Gasteiger partial charge is 0.339 e. The molecule has 0 aromatic heterocycles. The summed E-state index contributed by atoms with van der Waals surface area (Å²) in [7, 11) is 0. The van der Waals surface area contributed by atoms with Crippen molar-refractivity contribution < 1.29 is 32.6 Å². The molecule has 0 fully saturated rings. The summed E-state index contributed by atoms with van der Waals surface area (Å²) in [6, 6.07) is 10.5. The van der Waals surface area contributed by atoms with E-state index in [9.17, 15) is 18.4 Å². The Morgan fingerprint density at radius 3 is 2.68 bits per heavy atom. The van der Waals surface area contributed by atoms with E-state index in [1.165, 1.54) is 30.3 Å². The number of rotatable bonds is 6. The van der Waals surface area contributed by atoms with Crippen LogP contribution < -0.4 is 9.47 Å². The maximum absolute atomic E-state index is 12.5. The number of ketones is 1. The standard InChI is InChI=1S/C17H12F2O5S/c18-17(19)25-15-4-2-1-3-11(15)16(21)22-8-12(20)10-5-6-13-14(7-10)24-9-23-13/h1-7,17H,8-9H2. The van der Waals surface area contributed by atoms with E-state index < -0.39 is 24.1 Å². The molecule has 130 valence electrons. The Balaban J connectivity index is 1.65. The largest absolute Gasteiger partial charge is 0.454 e. The van der Waals surface area contributed by atoms with Crippen LogP contribution in [0.15, 0.2) is 47.4 Å². The predicted octanol–water partition coefficient (Wildman–Crippen LogP) is 3.77. The monoisotopic (exact) mass is 366 g/mol. The summed E-state index contributed by atoms with van der Waals surface area (Å²) in [6.45, 7) is -0.424. The highest BCUT2D eigenvalue weighted by molar-refractivity contribution is 7.99. The van der Waals surface area contributed by atoms with Crippen LogP contribution in [0.3, 0.4) is 0 Å². The van der Waals surface area contributed by atoms with E-state index in [1.54, 1.807) is 12.1 Å². The Morgan fingerprint density at radius 1 is 1.12 bits per heavy atom. The van der Waals surface area contributed by atoms with Crippen LogP contribution in [-0.4, -0.2) is 30.9 Å². The molecule has 25 heavy (non-hydrogen) atoms. The van der Waals surface area contributed by atoms with Crippen molar-refractivity contribution in [1.29, 1.82) is 0 Å². The SMILES string of the molecule is O=C(COC(=O)c1ccccc1SC(F)F)c1ccc2c(c1)OCO2. The zero-order valence-corrected chi connectivity index (χ0v) is 13.6. The molecule has 0 saturated carbocycles. The molecule has 5 nitrogen and oxygen atoms in total. The van der Waals surface area contributed by atoms with E-state index in [0.29, 0.717) is 17.1 Å². The van der Waals surface area contributed by atoms with Crippen molar-refractivity contribution in [3.8, 4) is 11.5 Å². The molecular weight excluding hydrogens is 354 g/mol. The summed E-state index contributed by atoms with van der Waals surface area (Å²) < 4.78 is 40.4. The summed E-state index contributed by atoms with van der Waals surface area (Å²) >= 11 is 0.248. The second-order valence-corrected chi connectivity index (χ2v) is 5.97. The van der Waals surface area contributed by atoms with Gasteiger partial charge in [0.2, 0.25) is 6.79 Å². The first-order chi connectivity index (χ1) is 12.0. The number of carbonyl (C=O) groups is 2. The number of benzene rings is 2. The number of hydrogen-bond acceptors (Lipinski definition) is 6. The van der Waals surface area contributed by atoms with Crippen LogP contribution >= 0.6 is 11.8 Å². The molecule has 0 spiro atoms. The van der Waals surface area contributed by atoms with Crippen molar-refractivity contribution in [2.75, 3.05) is 13.4 Å². The van der Waals surface area contributed by atoms with Gasteiger partial charge in [-0.15, -0.1) is 0 Å². The van der Waals surface area contributed by atoms with E-state index in [-0.39, 0.29) is 29.0 Å². The number of ether oxygens (including phenoxy) is 3. The van der Waals surface area contributed by atoms with Crippen LogP contribution in [0.4, 0.5) is 8.78 Å². The van der Waals surface area contributed by atoms with E-state index in [4.69, 9.17) is 14.2 Å². The molecule has 0 saturated heterocycles. The van der Waals surface area contributed by atoms with Gasteiger partial charge in [-0.05, 0) is 30.3 Å². The molecule has 0 atom stereocenters. The zero-order chi connectivity index (χ0) is 17.8. The topological polar surface area (TPSA) is 61.8 Å². The zero-order valence-electron chi connectivity index (χ0n) is 12.7. The molecule has 0 aliphatic carbocycles.